The fourth-order valence-electron chi connectivity index (χ4n) is 2.49. The van der Waals surface area contributed by atoms with Gasteiger partial charge in [0.1, 0.15) is 0 Å². The van der Waals surface area contributed by atoms with E-state index in [0.717, 1.165) is 12.5 Å². The summed E-state index contributed by atoms with van der Waals surface area (Å²) in [7, 11) is 0. The normalized spacial score (nSPS) is 18.7. The van der Waals surface area contributed by atoms with E-state index in [1.807, 2.05) is 25.1 Å². The van der Waals surface area contributed by atoms with Crippen LogP contribution >= 0.6 is 24.0 Å². The van der Waals surface area contributed by atoms with Crippen molar-refractivity contribution in [1.82, 2.24) is 10.6 Å². The fraction of sp³-hybridized carbons (Fsp3) is 0.588. The van der Waals surface area contributed by atoms with Crippen LogP contribution in [0.1, 0.15) is 38.3 Å². The van der Waals surface area contributed by atoms with Gasteiger partial charge in [-0.3, -0.25) is 4.99 Å². The predicted octanol–water partition coefficient (Wildman–Crippen LogP) is 2.46. The molecule has 130 valence electrons. The predicted molar refractivity (Wildman–Crippen MR) is 104 cm³/mol. The number of hydrogen-bond donors (Lipinski definition) is 3. The van der Waals surface area contributed by atoms with Crippen LogP contribution in [-0.2, 0) is 4.74 Å². The Bertz CT molecular complexity index is 476. The van der Waals surface area contributed by atoms with Crippen molar-refractivity contribution >= 4 is 29.9 Å². The van der Waals surface area contributed by atoms with E-state index in [4.69, 9.17) is 4.74 Å². The summed E-state index contributed by atoms with van der Waals surface area (Å²) in [6.07, 6.45) is 1.29. The summed E-state index contributed by atoms with van der Waals surface area (Å²) >= 11 is 0. The van der Waals surface area contributed by atoms with Crippen molar-refractivity contribution < 1.29 is 9.84 Å². The maximum Gasteiger partial charge on any atom is 0.191 e. The van der Waals surface area contributed by atoms with Crippen molar-refractivity contribution in [1.29, 1.82) is 0 Å². The van der Waals surface area contributed by atoms with Gasteiger partial charge in [0.05, 0.1) is 18.2 Å². The first kappa shape index (κ1) is 20.2. The number of nitrogens with zero attached hydrogens (tertiary/aromatic N) is 1. The average Bonchev–Trinajstić information content (AvgIpc) is 2.54. The molecular weight excluding hydrogens is 405 g/mol. The van der Waals surface area contributed by atoms with Crippen LogP contribution in [0.25, 0.3) is 0 Å². The number of aliphatic imine (C=N–C) groups is 1. The van der Waals surface area contributed by atoms with Gasteiger partial charge >= 0.3 is 0 Å². The van der Waals surface area contributed by atoms with E-state index in [2.05, 4.69) is 34.7 Å². The van der Waals surface area contributed by atoms with E-state index < -0.39 is 5.60 Å². The van der Waals surface area contributed by atoms with Crippen LogP contribution in [0.2, 0.25) is 0 Å². The molecule has 1 unspecified atom stereocenters. The van der Waals surface area contributed by atoms with Crippen LogP contribution in [0.15, 0.2) is 35.3 Å². The topological polar surface area (TPSA) is 65.9 Å². The van der Waals surface area contributed by atoms with Gasteiger partial charge in [-0.2, -0.15) is 0 Å². The summed E-state index contributed by atoms with van der Waals surface area (Å²) < 4.78 is 5.30. The van der Waals surface area contributed by atoms with Gasteiger partial charge in [-0.15, -0.1) is 24.0 Å². The Morgan fingerprint density at radius 2 is 1.96 bits per heavy atom. The number of rotatable bonds is 5. The summed E-state index contributed by atoms with van der Waals surface area (Å²) in [4.78, 5) is 4.56. The Morgan fingerprint density at radius 1 is 1.30 bits per heavy atom. The van der Waals surface area contributed by atoms with Gasteiger partial charge < -0.3 is 20.5 Å². The van der Waals surface area contributed by atoms with E-state index >= 15 is 0 Å². The molecule has 0 radical (unpaired) electrons. The third kappa shape index (κ3) is 6.64. The highest BCUT2D eigenvalue weighted by atomic mass is 127. The van der Waals surface area contributed by atoms with Gasteiger partial charge in [0.2, 0.25) is 0 Å². The molecule has 2 rings (SSSR count). The molecule has 23 heavy (non-hydrogen) atoms. The highest BCUT2D eigenvalue weighted by molar-refractivity contribution is 14.0. The summed E-state index contributed by atoms with van der Waals surface area (Å²) in [5.41, 5.74) is 0.467. The van der Waals surface area contributed by atoms with Crippen molar-refractivity contribution in [2.45, 2.75) is 38.3 Å². The molecule has 0 amide bonds. The lowest BCUT2D eigenvalue weighted by Crippen LogP contribution is -2.43. The van der Waals surface area contributed by atoms with Crippen molar-refractivity contribution in [3.05, 3.63) is 35.9 Å². The molecule has 1 aliphatic rings. The second-order valence-electron chi connectivity index (χ2n) is 5.81. The van der Waals surface area contributed by atoms with Gasteiger partial charge in [-0.05, 0) is 19.4 Å². The number of nitrogens with one attached hydrogen (secondary N) is 2. The summed E-state index contributed by atoms with van der Waals surface area (Å²) in [5.74, 6) is 0.735. The molecule has 1 fully saturated rings. The minimum Gasteiger partial charge on any atom is -0.388 e. The molecule has 1 heterocycles. The second kappa shape index (κ2) is 10.1. The van der Waals surface area contributed by atoms with Crippen molar-refractivity contribution in [2.24, 2.45) is 4.99 Å². The minimum atomic E-state index is -0.739. The van der Waals surface area contributed by atoms with Gasteiger partial charge in [0, 0.05) is 32.6 Å². The maximum absolute atomic E-state index is 10.5. The monoisotopic (exact) mass is 433 g/mol. The molecule has 0 saturated carbocycles. The minimum absolute atomic E-state index is 0. The van der Waals surface area contributed by atoms with Gasteiger partial charge in [-0.25, -0.2) is 0 Å². The molecule has 0 aliphatic carbocycles. The maximum atomic E-state index is 10.5. The van der Waals surface area contributed by atoms with E-state index in [1.165, 1.54) is 5.56 Å². The summed E-state index contributed by atoms with van der Waals surface area (Å²) in [6, 6.07) is 10.4. The van der Waals surface area contributed by atoms with Crippen LogP contribution in [0.4, 0.5) is 0 Å². The Kier molecular flexibility index (Phi) is 8.86. The molecule has 0 spiro atoms. The van der Waals surface area contributed by atoms with E-state index in [9.17, 15) is 5.11 Å². The Hall–Kier alpha value is -0.860. The zero-order chi connectivity index (χ0) is 15.8. The number of guanidine groups is 1. The molecule has 1 aromatic carbocycles. The first-order valence-corrected chi connectivity index (χ1v) is 8.03. The van der Waals surface area contributed by atoms with Crippen LogP contribution in [0.5, 0.6) is 0 Å². The number of aliphatic hydroxyl groups is 1. The van der Waals surface area contributed by atoms with Crippen molar-refractivity contribution in [3.63, 3.8) is 0 Å². The van der Waals surface area contributed by atoms with Crippen LogP contribution in [0, 0.1) is 0 Å². The SMILES string of the molecule is CCNC(=NCC1(O)CCOCC1)NC(C)c1ccccc1.I. The zero-order valence-corrected chi connectivity index (χ0v) is 16.2. The fourth-order valence-corrected chi connectivity index (χ4v) is 2.49. The quantitative estimate of drug-likeness (QED) is 0.379. The third-order valence-corrected chi connectivity index (χ3v) is 3.95. The average molecular weight is 433 g/mol. The van der Waals surface area contributed by atoms with Gasteiger partial charge in [0.25, 0.3) is 0 Å². The first-order chi connectivity index (χ1) is 10.6. The summed E-state index contributed by atoms with van der Waals surface area (Å²) in [6.45, 7) is 6.54. The smallest absolute Gasteiger partial charge is 0.191 e. The highest BCUT2D eigenvalue weighted by Crippen LogP contribution is 2.20. The van der Waals surface area contributed by atoms with E-state index in [0.29, 0.717) is 32.6 Å². The standard InChI is InChI=1S/C17H27N3O2.HI/c1-3-18-16(19-13-17(21)9-11-22-12-10-17)20-14(2)15-7-5-4-6-8-15;/h4-8,14,21H,3,9-13H2,1-2H3,(H2,18,19,20);1H. The lowest BCUT2D eigenvalue weighted by Gasteiger charge is -2.30. The lowest BCUT2D eigenvalue weighted by molar-refractivity contribution is -0.0566. The van der Waals surface area contributed by atoms with Crippen LogP contribution in [0.3, 0.4) is 0 Å². The number of halogens is 1. The lowest BCUT2D eigenvalue weighted by atomic mass is 9.95. The number of benzene rings is 1. The third-order valence-electron chi connectivity index (χ3n) is 3.95. The van der Waals surface area contributed by atoms with Crippen LogP contribution < -0.4 is 10.6 Å². The molecule has 0 aromatic heterocycles. The number of hydrogen-bond acceptors (Lipinski definition) is 3. The summed E-state index contributed by atoms with van der Waals surface area (Å²) in [5, 5.41) is 17.1. The molecule has 5 nitrogen and oxygen atoms in total. The van der Waals surface area contributed by atoms with Crippen LogP contribution in [-0.4, -0.2) is 43.0 Å². The molecule has 0 bridgehead atoms. The van der Waals surface area contributed by atoms with Gasteiger partial charge in [0.15, 0.2) is 5.96 Å². The Labute approximate surface area is 155 Å². The zero-order valence-electron chi connectivity index (χ0n) is 13.9. The largest absolute Gasteiger partial charge is 0.388 e. The van der Waals surface area contributed by atoms with Gasteiger partial charge in [-0.1, -0.05) is 30.3 Å². The molecule has 6 heteroatoms. The molecule has 1 saturated heterocycles. The molecule has 1 aliphatic heterocycles. The van der Waals surface area contributed by atoms with E-state index in [1.54, 1.807) is 0 Å². The first-order valence-electron chi connectivity index (χ1n) is 8.03. The highest BCUT2D eigenvalue weighted by Gasteiger charge is 2.29. The second-order valence-corrected chi connectivity index (χ2v) is 5.81. The van der Waals surface area contributed by atoms with Crippen molar-refractivity contribution in [3.8, 4) is 0 Å². The number of ether oxygens (including phenoxy) is 1. The Balaban J connectivity index is 0.00000264. The Morgan fingerprint density at radius 3 is 2.57 bits per heavy atom. The molecule has 3 N–H and O–H groups in total. The van der Waals surface area contributed by atoms with Crippen molar-refractivity contribution in [2.75, 3.05) is 26.3 Å². The van der Waals surface area contributed by atoms with E-state index in [-0.39, 0.29) is 30.0 Å². The molecule has 1 aromatic rings. The molecule has 1 atom stereocenters. The molecular formula is C17H28IN3O2.